The van der Waals surface area contributed by atoms with Gasteiger partial charge < -0.3 is 36.4 Å². The van der Waals surface area contributed by atoms with Gasteiger partial charge in [0, 0.05) is 0 Å². The maximum atomic E-state index is 12.0. The number of anilines is 1. The molecule has 0 bridgehead atoms. The second-order valence-electron chi connectivity index (χ2n) is 6.63. The molecule has 17 heteroatoms. The highest BCUT2D eigenvalue weighted by molar-refractivity contribution is 7.51. The molecule has 31 heavy (non-hydrogen) atoms. The second kappa shape index (κ2) is 8.80. The van der Waals surface area contributed by atoms with E-state index in [1.807, 2.05) is 0 Å². The van der Waals surface area contributed by atoms with Crippen LogP contribution in [0.5, 0.6) is 0 Å². The Labute approximate surface area is 173 Å². The van der Waals surface area contributed by atoms with Crippen LogP contribution in [-0.4, -0.2) is 82.6 Å². The Bertz CT molecular complexity index is 1030. The van der Waals surface area contributed by atoms with Gasteiger partial charge in [-0.15, -0.1) is 0 Å². The Kier molecular flexibility index (Phi) is 6.51. The minimum absolute atomic E-state index is 0.0923. The average Bonchev–Trinajstić information content (AvgIpc) is 3.22. The molecule has 1 aliphatic rings. The third-order valence-electron chi connectivity index (χ3n) is 4.40. The fraction of sp³-hybridized carbons (Fsp3) is 0.500. The largest absolute Gasteiger partial charge is 0.481 e. The van der Waals surface area contributed by atoms with E-state index in [1.165, 1.54) is 17.2 Å². The van der Waals surface area contributed by atoms with Crippen LogP contribution in [0.4, 0.5) is 5.82 Å². The Balaban J connectivity index is 1.65. The lowest BCUT2D eigenvalue weighted by Crippen LogP contribution is -2.41. The van der Waals surface area contributed by atoms with Crippen LogP contribution in [0.1, 0.15) is 12.6 Å². The number of hydrogen-bond donors (Lipinski definition) is 7. The van der Waals surface area contributed by atoms with E-state index < -0.39 is 63.2 Å². The van der Waals surface area contributed by atoms with Crippen molar-refractivity contribution in [3.05, 3.63) is 12.7 Å². The van der Waals surface area contributed by atoms with E-state index in [-0.39, 0.29) is 17.0 Å². The van der Waals surface area contributed by atoms with Gasteiger partial charge in [-0.1, -0.05) is 0 Å². The molecule has 0 spiro atoms. The van der Waals surface area contributed by atoms with Gasteiger partial charge in [0.05, 0.1) is 25.4 Å². The van der Waals surface area contributed by atoms with E-state index in [1.54, 1.807) is 5.09 Å². The number of carboxylic acids is 1. The molecule has 170 valence electrons. The monoisotopic (exact) mass is 461 g/mol. The fourth-order valence-corrected chi connectivity index (χ4v) is 3.72. The number of fused-ring (bicyclic) bond motifs is 1. The first-order valence-electron chi connectivity index (χ1n) is 8.71. The van der Waals surface area contributed by atoms with Gasteiger partial charge >= 0.3 is 13.7 Å². The van der Waals surface area contributed by atoms with Gasteiger partial charge in [0.2, 0.25) is 5.91 Å². The van der Waals surface area contributed by atoms with Crippen molar-refractivity contribution in [1.82, 2.24) is 24.6 Å². The zero-order valence-electron chi connectivity index (χ0n) is 15.7. The van der Waals surface area contributed by atoms with Crippen molar-refractivity contribution in [2.24, 2.45) is 5.73 Å². The number of hydrogen-bond acceptors (Lipinski definition) is 12. The van der Waals surface area contributed by atoms with Gasteiger partial charge in [-0.25, -0.2) is 19.5 Å². The average molecular weight is 461 g/mol. The van der Waals surface area contributed by atoms with Crippen LogP contribution < -0.4 is 16.6 Å². The maximum Gasteiger partial charge on any atom is 0.432 e. The minimum atomic E-state index is -4.77. The lowest BCUT2D eigenvalue weighted by atomic mass is 10.1. The SMILES string of the molecule is Nc1ncnc2c1ncn2[C@@H]1O[C@H](COP(=O)(O)NC(=O)[C@@H](N)CC(=O)O)[C@@H](O)[C@H]1O. The molecule has 16 nitrogen and oxygen atoms in total. The zero-order chi connectivity index (χ0) is 22.9. The summed E-state index contributed by atoms with van der Waals surface area (Å²) in [5.74, 6) is -2.51. The number of nitrogens with one attached hydrogen (secondary N) is 1. The number of aliphatic hydroxyl groups excluding tert-OH is 2. The van der Waals surface area contributed by atoms with Crippen LogP contribution in [0.15, 0.2) is 12.7 Å². The number of rotatable bonds is 8. The molecule has 0 radical (unpaired) electrons. The maximum absolute atomic E-state index is 12.0. The molecule has 1 amide bonds. The van der Waals surface area contributed by atoms with Crippen molar-refractivity contribution in [2.75, 3.05) is 12.3 Å². The number of carbonyl (C=O) groups is 2. The molecular formula is C14H20N7O9P. The normalized spacial score (nSPS) is 26.5. The smallest absolute Gasteiger partial charge is 0.432 e. The fourth-order valence-electron chi connectivity index (χ4n) is 2.86. The molecule has 1 fully saturated rings. The van der Waals surface area contributed by atoms with Crippen LogP contribution in [0.3, 0.4) is 0 Å². The van der Waals surface area contributed by atoms with Crippen LogP contribution in [-0.2, 0) is 23.4 Å². The van der Waals surface area contributed by atoms with E-state index in [4.69, 9.17) is 25.8 Å². The van der Waals surface area contributed by atoms with E-state index >= 15 is 0 Å². The highest BCUT2D eigenvalue weighted by atomic mass is 31.2. The number of carboxylic acid groups (broad SMARTS) is 1. The topological polar surface area (TPSA) is 258 Å². The van der Waals surface area contributed by atoms with Crippen LogP contribution in [0.2, 0.25) is 0 Å². The number of amides is 1. The molecule has 3 rings (SSSR count). The number of carbonyl (C=O) groups excluding carboxylic acids is 1. The van der Waals surface area contributed by atoms with Crippen molar-refractivity contribution in [2.45, 2.75) is 37.0 Å². The Morgan fingerprint density at radius 3 is 2.71 bits per heavy atom. The summed E-state index contributed by atoms with van der Waals surface area (Å²) in [4.78, 5) is 43.8. The third kappa shape index (κ3) is 4.96. The van der Waals surface area contributed by atoms with E-state index in [9.17, 15) is 29.3 Å². The van der Waals surface area contributed by atoms with Crippen molar-refractivity contribution in [3.63, 3.8) is 0 Å². The lowest BCUT2D eigenvalue weighted by molar-refractivity contribution is -0.139. The predicted octanol–water partition coefficient (Wildman–Crippen LogP) is -2.94. The molecule has 0 aliphatic carbocycles. The quantitative estimate of drug-likeness (QED) is 0.194. The molecule has 3 heterocycles. The van der Waals surface area contributed by atoms with Crippen molar-refractivity contribution < 1.29 is 43.6 Å². The van der Waals surface area contributed by atoms with Crippen LogP contribution in [0.25, 0.3) is 11.2 Å². The second-order valence-corrected chi connectivity index (χ2v) is 8.15. The molecular weight excluding hydrogens is 441 g/mol. The summed E-state index contributed by atoms with van der Waals surface area (Å²) in [6.45, 7) is -0.708. The van der Waals surface area contributed by atoms with Gasteiger partial charge in [0.25, 0.3) is 0 Å². The summed E-state index contributed by atoms with van der Waals surface area (Å²) < 4.78 is 23.6. The van der Waals surface area contributed by atoms with Crippen molar-refractivity contribution in [3.8, 4) is 0 Å². The van der Waals surface area contributed by atoms with E-state index in [2.05, 4.69) is 15.0 Å². The first-order chi connectivity index (χ1) is 14.5. The molecule has 2 aromatic heterocycles. The number of aliphatic carboxylic acids is 1. The van der Waals surface area contributed by atoms with Crippen molar-refractivity contribution >= 4 is 36.6 Å². The zero-order valence-corrected chi connectivity index (χ0v) is 16.6. The van der Waals surface area contributed by atoms with E-state index in [0.717, 1.165) is 0 Å². The Hall–Kier alpha value is -2.72. The number of ether oxygens (including phenoxy) is 1. The summed E-state index contributed by atoms with van der Waals surface area (Å²) in [5.41, 5.74) is 11.5. The van der Waals surface area contributed by atoms with Crippen LogP contribution >= 0.6 is 7.75 Å². The highest BCUT2D eigenvalue weighted by Gasteiger charge is 2.45. The molecule has 2 aromatic rings. The molecule has 0 saturated carbocycles. The lowest BCUT2D eigenvalue weighted by Gasteiger charge is -2.19. The standard InChI is InChI=1S/C14H20N7O9P/c15-5(1-7(22)23)13(26)20-31(27,28)29-2-6-9(24)10(25)14(30-6)21-4-19-8-11(16)17-3-18-12(8)21/h3-6,9-10,14,24-25H,1-2,15H2,(H,22,23)(H2,16,17,18)(H2,20,26,27,28)/t5-,6+,9+,10+,14+/m0/s1. The van der Waals surface area contributed by atoms with Gasteiger partial charge in [0.1, 0.15) is 30.2 Å². The highest BCUT2D eigenvalue weighted by Crippen LogP contribution is 2.39. The molecule has 1 saturated heterocycles. The number of nitrogen functional groups attached to an aromatic ring is 1. The summed E-state index contributed by atoms with van der Waals surface area (Å²) >= 11 is 0. The predicted molar refractivity (Wildman–Crippen MR) is 99.8 cm³/mol. The minimum Gasteiger partial charge on any atom is -0.481 e. The third-order valence-corrected chi connectivity index (χ3v) is 5.40. The van der Waals surface area contributed by atoms with Gasteiger partial charge in [-0.3, -0.25) is 23.8 Å². The first-order valence-corrected chi connectivity index (χ1v) is 10.3. The molecule has 6 atom stereocenters. The van der Waals surface area contributed by atoms with E-state index in [0.29, 0.717) is 0 Å². The number of nitrogens with zero attached hydrogens (tertiary/aromatic N) is 4. The molecule has 1 aliphatic heterocycles. The number of nitrogens with two attached hydrogens (primary N) is 2. The summed E-state index contributed by atoms with van der Waals surface area (Å²) in [7, 11) is -4.77. The van der Waals surface area contributed by atoms with Gasteiger partial charge in [0.15, 0.2) is 17.7 Å². The van der Waals surface area contributed by atoms with Gasteiger partial charge in [-0.2, -0.15) is 0 Å². The Morgan fingerprint density at radius 2 is 2.03 bits per heavy atom. The summed E-state index contributed by atoms with van der Waals surface area (Å²) in [5, 5.41) is 30.8. The van der Waals surface area contributed by atoms with Crippen molar-refractivity contribution in [1.29, 1.82) is 0 Å². The summed E-state index contributed by atoms with van der Waals surface area (Å²) in [6.07, 6.45) is -3.81. The molecule has 1 unspecified atom stereocenters. The first kappa shape index (κ1) is 23.0. The molecule has 0 aromatic carbocycles. The Morgan fingerprint density at radius 1 is 1.32 bits per heavy atom. The summed E-state index contributed by atoms with van der Waals surface area (Å²) in [6, 6.07) is -1.58. The number of aliphatic hydroxyl groups is 2. The van der Waals surface area contributed by atoms with Crippen LogP contribution in [0, 0.1) is 0 Å². The molecule has 9 N–H and O–H groups in total. The number of imidazole rings is 1. The number of aromatic nitrogens is 4. The van der Waals surface area contributed by atoms with Gasteiger partial charge in [-0.05, 0) is 0 Å².